The van der Waals surface area contributed by atoms with Gasteiger partial charge < -0.3 is 9.69 Å². The van der Waals surface area contributed by atoms with Crippen molar-refractivity contribution in [3.05, 3.63) is 17.0 Å². The van der Waals surface area contributed by atoms with E-state index in [0.29, 0.717) is 6.42 Å². The second-order valence-corrected chi connectivity index (χ2v) is 4.38. The third-order valence-corrected chi connectivity index (χ3v) is 3.03. The van der Waals surface area contributed by atoms with Crippen LogP contribution in [0.25, 0.3) is 0 Å². The molecule has 1 aromatic rings. The average molecular weight is 227 g/mol. The first-order chi connectivity index (χ1) is 7.24. The van der Waals surface area contributed by atoms with Crippen LogP contribution in [0.2, 0.25) is 0 Å². The van der Waals surface area contributed by atoms with Crippen molar-refractivity contribution in [2.75, 3.05) is 18.5 Å². The first kappa shape index (κ1) is 14.2. The molecule has 15 heavy (non-hydrogen) atoms. The number of carbonyl (C=O) groups is 1. The van der Waals surface area contributed by atoms with Crippen molar-refractivity contribution in [1.29, 1.82) is 0 Å². The number of rotatable bonds is 5. The minimum Gasteiger partial charge on any atom is -0.366 e. The monoisotopic (exact) mass is 227 g/mol. The van der Waals surface area contributed by atoms with Crippen LogP contribution in [0.1, 0.15) is 31.6 Å². The Morgan fingerprint density at radius 1 is 1.40 bits per heavy atom. The lowest BCUT2D eigenvalue weighted by Crippen LogP contribution is -2.17. The van der Waals surface area contributed by atoms with Gasteiger partial charge in [0.2, 0.25) is 0 Å². The maximum Gasteiger partial charge on any atom is 0.120 e. The fourth-order valence-electron chi connectivity index (χ4n) is 1.15. The Morgan fingerprint density at radius 3 is 2.53 bits per heavy atom. The Hall–Kier alpha value is -0.830. The Bertz CT molecular complexity index is 270. The van der Waals surface area contributed by atoms with Gasteiger partial charge in [-0.05, 0) is 25.5 Å². The third kappa shape index (κ3) is 5.57. The zero-order chi connectivity index (χ0) is 11.7. The molecule has 0 N–H and O–H groups in total. The number of nitrogens with zero attached hydrogens (tertiary/aromatic N) is 1. The lowest BCUT2D eigenvalue weighted by atomic mass is 10.3. The van der Waals surface area contributed by atoms with E-state index in [2.05, 4.69) is 31.0 Å². The molecule has 0 spiro atoms. The first-order valence-corrected chi connectivity index (χ1v) is 6.27. The topological polar surface area (TPSA) is 20.3 Å². The molecule has 0 amide bonds. The number of anilines is 1. The van der Waals surface area contributed by atoms with E-state index in [0.717, 1.165) is 19.3 Å². The number of carbonyl (C=O) groups excluding carboxylic acids is 1. The average Bonchev–Trinajstić information content (AvgIpc) is 2.68. The Balaban J connectivity index is 0.000000921. The van der Waals surface area contributed by atoms with Gasteiger partial charge in [0.25, 0.3) is 0 Å². The summed E-state index contributed by atoms with van der Waals surface area (Å²) in [5, 5.41) is 1.28. The van der Waals surface area contributed by atoms with Crippen LogP contribution in [-0.4, -0.2) is 19.9 Å². The molecule has 1 heterocycles. The zero-order valence-electron chi connectivity index (χ0n) is 10.1. The molecule has 0 atom stereocenters. The zero-order valence-corrected chi connectivity index (χ0v) is 10.9. The highest BCUT2D eigenvalue weighted by molar-refractivity contribution is 7.16. The quantitative estimate of drug-likeness (QED) is 0.567. The maximum absolute atomic E-state index is 10.1. The normalized spacial score (nSPS) is 9.07. The number of unbranched alkanes of at least 4 members (excludes halogenated alkanes) is 1. The number of hydrogen-bond acceptors (Lipinski definition) is 3. The number of aldehydes is 1. The van der Waals surface area contributed by atoms with Crippen molar-refractivity contribution in [2.24, 2.45) is 0 Å². The molecule has 0 saturated carbocycles. The van der Waals surface area contributed by atoms with Gasteiger partial charge in [-0.2, -0.15) is 0 Å². The van der Waals surface area contributed by atoms with Gasteiger partial charge in [-0.15, -0.1) is 11.3 Å². The van der Waals surface area contributed by atoms with Gasteiger partial charge in [-0.25, -0.2) is 0 Å². The highest BCUT2D eigenvalue weighted by Gasteiger charge is 2.01. The summed E-state index contributed by atoms with van der Waals surface area (Å²) in [7, 11) is 2.07. The van der Waals surface area contributed by atoms with Gasteiger partial charge in [0.15, 0.2) is 0 Å². The molecule has 2 nitrogen and oxygen atoms in total. The molecule has 1 rings (SSSR count). The van der Waals surface area contributed by atoms with E-state index >= 15 is 0 Å². The lowest BCUT2D eigenvalue weighted by molar-refractivity contribution is -0.107. The predicted molar refractivity (Wildman–Crippen MR) is 69.0 cm³/mol. The van der Waals surface area contributed by atoms with E-state index in [-0.39, 0.29) is 0 Å². The summed E-state index contributed by atoms with van der Waals surface area (Å²) < 4.78 is 0. The van der Waals surface area contributed by atoms with Crippen LogP contribution in [0, 0.1) is 6.92 Å². The summed E-state index contributed by atoms with van der Waals surface area (Å²) in [5.41, 5.74) is 0. The van der Waals surface area contributed by atoms with E-state index in [4.69, 9.17) is 0 Å². The first-order valence-electron chi connectivity index (χ1n) is 5.45. The SMILES string of the molecule is CC.Cc1ccc(N(C)CCCC=O)s1. The molecule has 86 valence electrons. The summed E-state index contributed by atoms with van der Waals surface area (Å²) in [4.78, 5) is 13.6. The molecule has 1 aromatic heterocycles. The summed E-state index contributed by atoms with van der Waals surface area (Å²) in [6.07, 6.45) is 2.58. The Kier molecular flexibility index (Phi) is 8.01. The highest BCUT2D eigenvalue weighted by atomic mass is 32.1. The lowest BCUT2D eigenvalue weighted by Gasteiger charge is -2.15. The van der Waals surface area contributed by atoms with Gasteiger partial charge in [-0.3, -0.25) is 0 Å². The third-order valence-electron chi connectivity index (χ3n) is 1.92. The van der Waals surface area contributed by atoms with Crippen LogP contribution < -0.4 is 4.90 Å². The van der Waals surface area contributed by atoms with Gasteiger partial charge in [0.1, 0.15) is 6.29 Å². The van der Waals surface area contributed by atoms with E-state index in [1.165, 1.54) is 9.88 Å². The van der Waals surface area contributed by atoms with Crippen LogP contribution in [0.15, 0.2) is 12.1 Å². The molecule has 0 bridgehead atoms. The molecule has 0 unspecified atom stereocenters. The molecule has 0 aliphatic heterocycles. The summed E-state index contributed by atoms with van der Waals surface area (Å²) >= 11 is 1.79. The second-order valence-electron chi connectivity index (χ2n) is 3.11. The van der Waals surface area contributed by atoms with Crippen molar-refractivity contribution >= 4 is 22.6 Å². The fraction of sp³-hybridized carbons (Fsp3) is 0.583. The van der Waals surface area contributed by atoms with Crippen molar-refractivity contribution in [3.8, 4) is 0 Å². The molecule has 0 fully saturated rings. The molecule has 0 aromatic carbocycles. The Labute approximate surface area is 96.9 Å². The largest absolute Gasteiger partial charge is 0.366 e. The van der Waals surface area contributed by atoms with Crippen LogP contribution in [0.5, 0.6) is 0 Å². The Morgan fingerprint density at radius 2 is 2.07 bits per heavy atom. The molecular weight excluding hydrogens is 206 g/mol. The van der Waals surface area contributed by atoms with Crippen LogP contribution in [0.4, 0.5) is 5.00 Å². The molecule has 0 saturated heterocycles. The van der Waals surface area contributed by atoms with Gasteiger partial charge in [0.05, 0.1) is 5.00 Å². The fourth-order valence-corrected chi connectivity index (χ4v) is 2.00. The molecule has 3 heteroatoms. The van der Waals surface area contributed by atoms with Crippen molar-refractivity contribution in [3.63, 3.8) is 0 Å². The number of aryl methyl sites for hydroxylation is 1. The molecule has 0 aliphatic carbocycles. The number of thiophene rings is 1. The van der Waals surface area contributed by atoms with Gasteiger partial charge in [-0.1, -0.05) is 13.8 Å². The van der Waals surface area contributed by atoms with Crippen LogP contribution >= 0.6 is 11.3 Å². The van der Waals surface area contributed by atoms with Gasteiger partial charge in [0, 0.05) is 24.9 Å². The molecule has 0 radical (unpaired) electrons. The standard InChI is InChI=1S/C10H15NOS.C2H6/c1-9-5-6-10(13-9)11(2)7-3-4-8-12;1-2/h5-6,8H,3-4,7H2,1-2H3;1-2H3. The van der Waals surface area contributed by atoms with Gasteiger partial charge >= 0.3 is 0 Å². The van der Waals surface area contributed by atoms with E-state index in [1.807, 2.05) is 13.8 Å². The van der Waals surface area contributed by atoms with Crippen molar-refractivity contribution < 1.29 is 4.79 Å². The van der Waals surface area contributed by atoms with E-state index in [1.54, 1.807) is 11.3 Å². The maximum atomic E-state index is 10.1. The highest BCUT2D eigenvalue weighted by Crippen LogP contribution is 2.24. The molecule has 0 aliphatic rings. The van der Waals surface area contributed by atoms with Crippen LogP contribution in [0.3, 0.4) is 0 Å². The van der Waals surface area contributed by atoms with E-state index in [9.17, 15) is 4.79 Å². The van der Waals surface area contributed by atoms with Crippen LogP contribution in [-0.2, 0) is 4.79 Å². The predicted octanol–water partition coefficient (Wildman–Crippen LogP) is 3.50. The minimum absolute atomic E-state index is 0.661. The van der Waals surface area contributed by atoms with Crippen molar-refractivity contribution in [2.45, 2.75) is 33.6 Å². The second kappa shape index (κ2) is 8.48. The number of hydrogen-bond donors (Lipinski definition) is 0. The smallest absolute Gasteiger partial charge is 0.120 e. The molecular formula is C12H21NOS. The summed E-state index contributed by atoms with van der Waals surface area (Å²) in [5.74, 6) is 0. The summed E-state index contributed by atoms with van der Waals surface area (Å²) in [6, 6.07) is 4.25. The van der Waals surface area contributed by atoms with E-state index < -0.39 is 0 Å². The minimum atomic E-state index is 0.661. The summed E-state index contributed by atoms with van der Waals surface area (Å²) in [6.45, 7) is 7.06. The van der Waals surface area contributed by atoms with Crippen molar-refractivity contribution in [1.82, 2.24) is 0 Å².